The Morgan fingerprint density at radius 3 is 2.70 bits per heavy atom. The number of nitrogens with one attached hydrogen (secondary N) is 1. The van der Waals surface area contributed by atoms with Crippen molar-refractivity contribution in [3.8, 4) is 5.75 Å². The molecule has 0 aromatic heterocycles. The number of fused-ring (bicyclic) bond motifs is 1. The van der Waals surface area contributed by atoms with Crippen LogP contribution in [0.1, 0.15) is 0 Å². The molecule has 1 fully saturated rings. The first-order chi connectivity index (χ1) is 11.3. The van der Waals surface area contributed by atoms with Crippen LogP contribution in [0.5, 0.6) is 5.75 Å². The Balaban J connectivity index is 1.39. The summed E-state index contributed by atoms with van der Waals surface area (Å²) < 4.78 is 16.8. The van der Waals surface area contributed by atoms with Crippen molar-refractivity contribution in [2.45, 2.75) is 0 Å². The van der Waals surface area contributed by atoms with Crippen molar-refractivity contribution in [2.75, 3.05) is 52.7 Å². The Morgan fingerprint density at radius 1 is 1.00 bits per heavy atom. The molecule has 1 saturated heterocycles. The molecule has 2 aromatic carbocycles. The fourth-order valence-electron chi connectivity index (χ4n) is 2.76. The number of benzene rings is 2. The minimum atomic E-state index is 0.510. The second kappa shape index (κ2) is 8.50. The first-order valence-corrected chi connectivity index (χ1v) is 8.51. The molecule has 0 atom stereocenters. The van der Waals surface area contributed by atoms with Gasteiger partial charge in [-0.1, -0.05) is 41.9 Å². The SMILES string of the molecule is Clc1c(OCCOCC[NH+]2CCOCC2)ccc2ccccc12. The number of ether oxygens (including phenoxy) is 3. The molecule has 0 saturated carbocycles. The van der Waals surface area contributed by atoms with E-state index in [-0.39, 0.29) is 0 Å². The Bertz CT molecular complexity index is 629. The minimum absolute atomic E-state index is 0.510. The van der Waals surface area contributed by atoms with E-state index in [1.165, 1.54) is 0 Å². The summed E-state index contributed by atoms with van der Waals surface area (Å²) in [5.74, 6) is 0.716. The van der Waals surface area contributed by atoms with Crippen LogP contribution in [0, 0.1) is 0 Å². The second-order valence-electron chi connectivity index (χ2n) is 5.67. The fraction of sp³-hybridized carbons (Fsp3) is 0.444. The Morgan fingerprint density at radius 2 is 1.83 bits per heavy atom. The zero-order valence-electron chi connectivity index (χ0n) is 13.2. The van der Waals surface area contributed by atoms with E-state index in [0.29, 0.717) is 24.0 Å². The molecule has 0 amide bonds. The van der Waals surface area contributed by atoms with Gasteiger partial charge in [0.05, 0.1) is 31.5 Å². The first-order valence-electron chi connectivity index (χ1n) is 8.14. The largest absolute Gasteiger partial charge is 0.490 e. The maximum Gasteiger partial charge on any atom is 0.138 e. The van der Waals surface area contributed by atoms with Gasteiger partial charge in [-0.25, -0.2) is 0 Å². The van der Waals surface area contributed by atoms with Crippen LogP contribution in [0.3, 0.4) is 0 Å². The summed E-state index contributed by atoms with van der Waals surface area (Å²) in [6, 6.07) is 12.0. The maximum atomic E-state index is 6.40. The van der Waals surface area contributed by atoms with Crippen LogP contribution >= 0.6 is 11.6 Å². The zero-order chi connectivity index (χ0) is 15.9. The number of hydrogen-bond acceptors (Lipinski definition) is 3. The lowest BCUT2D eigenvalue weighted by atomic mass is 10.1. The molecule has 0 radical (unpaired) electrons. The molecule has 124 valence electrons. The molecule has 0 aliphatic carbocycles. The normalized spacial score (nSPS) is 15.9. The molecule has 0 bridgehead atoms. The van der Waals surface area contributed by atoms with Crippen molar-refractivity contribution < 1.29 is 19.1 Å². The summed E-state index contributed by atoms with van der Waals surface area (Å²) >= 11 is 6.40. The number of rotatable bonds is 7. The predicted molar refractivity (Wildman–Crippen MR) is 91.7 cm³/mol. The van der Waals surface area contributed by atoms with Crippen molar-refractivity contribution in [2.24, 2.45) is 0 Å². The third kappa shape index (κ3) is 4.58. The summed E-state index contributed by atoms with van der Waals surface area (Å²) in [5.41, 5.74) is 0. The van der Waals surface area contributed by atoms with Crippen molar-refractivity contribution in [1.82, 2.24) is 0 Å². The number of quaternary nitrogens is 1. The molecule has 4 nitrogen and oxygen atoms in total. The van der Waals surface area contributed by atoms with Crippen molar-refractivity contribution in [3.63, 3.8) is 0 Å². The van der Waals surface area contributed by atoms with E-state index >= 15 is 0 Å². The first kappa shape index (κ1) is 16.5. The molecule has 5 heteroatoms. The smallest absolute Gasteiger partial charge is 0.138 e. The second-order valence-corrected chi connectivity index (χ2v) is 6.05. The lowest BCUT2D eigenvalue weighted by Crippen LogP contribution is -3.14. The van der Waals surface area contributed by atoms with Crippen LogP contribution in [-0.4, -0.2) is 52.7 Å². The molecule has 0 spiro atoms. The van der Waals surface area contributed by atoms with Gasteiger partial charge in [0.15, 0.2) is 0 Å². The summed E-state index contributed by atoms with van der Waals surface area (Å²) in [6.07, 6.45) is 0. The lowest BCUT2D eigenvalue weighted by Gasteiger charge is -2.23. The number of hydrogen-bond donors (Lipinski definition) is 1. The minimum Gasteiger partial charge on any atom is -0.490 e. The maximum absolute atomic E-state index is 6.40. The van der Waals surface area contributed by atoms with Gasteiger partial charge in [-0.05, 0) is 11.5 Å². The van der Waals surface area contributed by atoms with Crippen LogP contribution in [0.15, 0.2) is 36.4 Å². The van der Waals surface area contributed by atoms with Gasteiger partial charge in [-0.15, -0.1) is 0 Å². The number of halogens is 1. The van der Waals surface area contributed by atoms with Gasteiger partial charge >= 0.3 is 0 Å². The Kier molecular flexibility index (Phi) is 6.11. The fourth-order valence-corrected chi connectivity index (χ4v) is 3.05. The van der Waals surface area contributed by atoms with Crippen LogP contribution in [0.25, 0.3) is 10.8 Å². The quantitative estimate of drug-likeness (QED) is 0.783. The van der Waals surface area contributed by atoms with Gasteiger partial charge < -0.3 is 19.1 Å². The van der Waals surface area contributed by atoms with Crippen LogP contribution < -0.4 is 9.64 Å². The standard InChI is InChI=1S/C18H22ClNO3/c19-18-16-4-2-1-3-15(16)5-6-17(18)23-14-13-22-12-9-20-7-10-21-11-8-20/h1-6H,7-14H2/p+1. The highest BCUT2D eigenvalue weighted by Crippen LogP contribution is 2.32. The lowest BCUT2D eigenvalue weighted by molar-refractivity contribution is -0.908. The summed E-state index contributed by atoms with van der Waals surface area (Å²) in [4.78, 5) is 1.55. The van der Waals surface area contributed by atoms with Crippen LogP contribution in [0.2, 0.25) is 5.02 Å². The van der Waals surface area contributed by atoms with Crippen molar-refractivity contribution >= 4 is 22.4 Å². The molecular formula is C18H23ClNO3+. The van der Waals surface area contributed by atoms with E-state index in [2.05, 4.69) is 0 Å². The Labute approximate surface area is 141 Å². The average molecular weight is 337 g/mol. The van der Waals surface area contributed by atoms with E-state index in [9.17, 15) is 0 Å². The van der Waals surface area contributed by atoms with Crippen LogP contribution in [0.4, 0.5) is 0 Å². The third-order valence-corrected chi connectivity index (χ3v) is 4.50. The van der Waals surface area contributed by atoms with E-state index in [4.69, 9.17) is 25.8 Å². The summed E-state index contributed by atoms with van der Waals surface area (Å²) in [7, 11) is 0. The summed E-state index contributed by atoms with van der Waals surface area (Å²) in [5, 5.41) is 2.80. The van der Waals surface area contributed by atoms with Crippen LogP contribution in [-0.2, 0) is 9.47 Å². The molecule has 23 heavy (non-hydrogen) atoms. The molecule has 1 aliphatic rings. The van der Waals surface area contributed by atoms with Gasteiger partial charge in [0.1, 0.15) is 32.0 Å². The van der Waals surface area contributed by atoms with Gasteiger partial charge in [0.2, 0.25) is 0 Å². The molecule has 0 unspecified atom stereocenters. The van der Waals surface area contributed by atoms with E-state index in [1.54, 1.807) is 4.90 Å². The highest BCUT2D eigenvalue weighted by molar-refractivity contribution is 6.37. The average Bonchev–Trinajstić information content (AvgIpc) is 2.61. The van der Waals surface area contributed by atoms with Gasteiger partial charge in [0, 0.05) is 5.39 Å². The molecule has 1 N–H and O–H groups in total. The monoisotopic (exact) mass is 336 g/mol. The molecular weight excluding hydrogens is 314 g/mol. The highest BCUT2D eigenvalue weighted by atomic mass is 35.5. The number of morpholine rings is 1. The van der Waals surface area contributed by atoms with E-state index in [0.717, 1.165) is 50.2 Å². The molecule has 1 heterocycles. The zero-order valence-corrected chi connectivity index (χ0v) is 14.0. The van der Waals surface area contributed by atoms with E-state index < -0.39 is 0 Å². The van der Waals surface area contributed by atoms with Gasteiger partial charge in [0.25, 0.3) is 0 Å². The Hall–Kier alpha value is -1.33. The van der Waals surface area contributed by atoms with E-state index in [1.807, 2.05) is 36.4 Å². The predicted octanol–water partition coefficient (Wildman–Crippen LogP) is 1.80. The highest BCUT2D eigenvalue weighted by Gasteiger charge is 2.12. The van der Waals surface area contributed by atoms with Gasteiger partial charge in [-0.2, -0.15) is 0 Å². The summed E-state index contributed by atoms with van der Waals surface area (Å²) in [6.45, 7) is 6.74. The molecule has 1 aliphatic heterocycles. The third-order valence-electron chi connectivity index (χ3n) is 4.11. The van der Waals surface area contributed by atoms with Gasteiger partial charge in [-0.3, -0.25) is 0 Å². The van der Waals surface area contributed by atoms with Crippen molar-refractivity contribution in [3.05, 3.63) is 41.4 Å². The van der Waals surface area contributed by atoms with Crippen molar-refractivity contribution in [1.29, 1.82) is 0 Å². The molecule has 3 rings (SSSR count). The molecule has 2 aromatic rings. The topological polar surface area (TPSA) is 32.1 Å².